The van der Waals surface area contributed by atoms with E-state index in [9.17, 15) is 9.90 Å². The Labute approximate surface area is 152 Å². The molecule has 140 valence electrons. The summed E-state index contributed by atoms with van der Waals surface area (Å²) >= 11 is 0. The minimum Gasteiger partial charge on any atom is -0.396 e. The first-order valence-electron chi connectivity index (χ1n) is 10.4. The van der Waals surface area contributed by atoms with E-state index in [1.165, 1.54) is 37.7 Å². The largest absolute Gasteiger partial charge is 0.396 e. The third kappa shape index (κ3) is 2.23. The summed E-state index contributed by atoms with van der Waals surface area (Å²) in [5.41, 5.74) is 8.17. The monoisotopic (exact) mass is 345 g/mol. The van der Waals surface area contributed by atoms with Crippen molar-refractivity contribution in [3.8, 4) is 0 Å². The molecule has 0 heterocycles. The molecule has 0 aliphatic heterocycles. The highest BCUT2D eigenvalue weighted by atomic mass is 16.3. The molecule has 0 aromatic heterocycles. The highest BCUT2D eigenvalue weighted by Gasteiger charge is 2.60. The van der Waals surface area contributed by atoms with E-state index in [2.05, 4.69) is 27.7 Å². The topological polar surface area (TPSA) is 63.3 Å². The Kier molecular flexibility index (Phi) is 3.92. The Morgan fingerprint density at radius 3 is 2.52 bits per heavy atom. The van der Waals surface area contributed by atoms with Gasteiger partial charge in [-0.3, -0.25) is 4.79 Å². The van der Waals surface area contributed by atoms with E-state index in [0.29, 0.717) is 23.5 Å². The number of fused-ring (bicyclic) bond motifs is 5. The minimum absolute atomic E-state index is 0.0719. The van der Waals surface area contributed by atoms with Crippen LogP contribution in [0.5, 0.6) is 0 Å². The Morgan fingerprint density at radius 2 is 1.84 bits per heavy atom. The van der Waals surface area contributed by atoms with Crippen molar-refractivity contribution < 1.29 is 9.90 Å². The summed E-state index contributed by atoms with van der Waals surface area (Å²) in [6.45, 7) is 9.65. The number of allylic oxidation sites excluding steroid dienone is 1. The Hall–Kier alpha value is -0.830. The van der Waals surface area contributed by atoms with E-state index in [1.807, 2.05) is 0 Å². The van der Waals surface area contributed by atoms with Crippen molar-refractivity contribution in [3.63, 3.8) is 0 Å². The van der Waals surface area contributed by atoms with Crippen molar-refractivity contribution >= 4 is 5.78 Å². The lowest BCUT2D eigenvalue weighted by Gasteiger charge is -2.59. The summed E-state index contributed by atoms with van der Waals surface area (Å²) in [6.07, 6.45) is 7.11. The zero-order valence-electron chi connectivity index (χ0n) is 16.3. The first-order chi connectivity index (χ1) is 11.7. The van der Waals surface area contributed by atoms with Gasteiger partial charge in [-0.2, -0.15) is 0 Å². The van der Waals surface area contributed by atoms with Crippen molar-refractivity contribution in [3.05, 3.63) is 11.3 Å². The summed E-state index contributed by atoms with van der Waals surface area (Å²) in [5.74, 6) is 3.53. The van der Waals surface area contributed by atoms with E-state index in [0.717, 1.165) is 30.1 Å². The Morgan fingerprint density at radius 1 is 1.12 bits per heavy atom. The van der Waals surface area contributed by atoms with Crippen LogP contribution in [-0.4, -0.2) is 17.0 Å². The Bertz CT molecular complexity index is 624. The average Bonchev–Trinajstić information content (AvgIpc) is 2.90. The lowest BCUT2D eigenvalue weighted by atomic mass is 9.46. The quantitative estimate of drug-likeness (QED) is 0.753. The molecule has 0 aromatic carbocycles. The minimum atomic E-state index is -0.896. The SMILES string of the molecule is CC(C)[C@H]1CC[C@H]2[C@@H]3CCC4=C(N)C(=O)C(O)C[C@]4(C)[C@H]3CC[C@]12C. The van der Waals surface area contributed by atoms with Gasteiger partial charge in [0.15, 0.2) is 0 Å². The number of nitrogens with two attached hydrogens (primary N) is 1. The van der Waals surface area contributed by atoms with Crippen LogP contribution in [0.4, 0.5) is 0 Å². The molecule has 1 unspecified atom stereocenters. The van der Waals surface area contributed by atoms with Crippen molar-refractivity contribution in [1.29, 1.82) is 0 Å². The number of rotatable bonds is 1. The second-order valence-electron chi connectivity index (χ2n) is 10.3. The first kappa shape index (κ1) is 17.6. The maximum absolute atomic E-state index is 12.2. The van der Waals surface area contributed by atoms with Crippen molar-refractivity contribution in [1.82, 2.24) is 0 Å². The van der Waals surface area contributed by atoms with E-state index in [4.69, 9.17) is 5.73 Å². The van der Waals surface area contributed by atoms with E-state index in [-0.39, 0.29) is 11.2 Å². The number of carbonyl (C=O) groups excluding carboxylic acids is 1. The number of ketones is 1. The predicted octanol–water partition coefficient (Wildman–Crippen LogP) is 4.05. The van der Waals surface area contributed by atoms with Gasteiger partial charge in [-0.25, -0.2) is 0 Å². The van der Waals surface area contributed by atoms with Crippen LogP contribution in [0.3, 0.4) is 0 Å². The van der Waals surface area contributed by atoms with E-state index >= 15 is 0 Å². The van der Waals surface area contributed by atoms with Crippen LogP contribution >= 0.6 is 0 Å². The number of aliphatic hydroxyl groups is 1. The molecule has 3 heteroatoms. The highest BCUT2D eigenvalue weighted by molar-refractivity contribution is 5.99. The molecule has 3 fully saturated rings. The van der Waals surface area contributed by atoms with Gasteiger partial charge in [-0.1, -0.05) is 27.7 Å². The van der Waals surface area contributed by atoms with Gasteiger partial charge in [0, 0.05) is 0 Å². The van der Waals surface area contributed by atoms with Gasteiger partial charge in [0.1, 0.15) is 6.10 Å². The lowest BCUT2D eigenvalue weighted by Crippen LogP contribution is -2.54. The number of hydrogen-bond acceptors (Lipinski definition) is 3. The summed E-state index contributed by atoms with van der Waals surface area (Å²) < 4.78 is 0. The molecule has 0 amide bonds. The van der Waals surface area contributed by atoms with Crippen LogP contribution in [0, 0.1) is 40.4 Å². The number of hydrogen-bond donors (Lipinski definition) is 2. The van der Waals surface area contributed by atoms with Crippen LogP contribution < -0.4 is 5.73 Å². The second kappa shape index (κ2) is 5.58. The standard InChI is InChI=1S/C22H35NO2/c1-12(2)14-7-8-15-13-5-6-17-19(23)20(25)18(24)11-22(17,4)16(13)9-10-21(14,15)3/h12-16,18,24H,5-11,23H2,1-4H3/t13-,14+,15-,16-,18?,21+,22+/m0/s1. The van der Waals surface area contributed by atoms with Gasteiger partial charge >= 0.3 is 0 Å². The van der Waals surface area contributed by atoms with Crippen LogP contribution in [0.2, 0.25) is 0 Å². The molecular weight excluding hydrogens is 310 g/mol. The van der Waals surface area contributed by atoms with Gasteiger partial charge in [-0.15, -0.1) is 0 Å². The summed E-state index contributed by atoms with van der Waals surface area (Å²) in [6, 6.07) is 0. The number of aliphatic hydroxyl groups excluding tert-OH is 1. The lowest BCUT2D eigenvalue weighted by molar-refractivity contribution is -0.130. The third-order valence-electron chi connectivity index (χ3n) is 9.06. The predicted molar refractivity (Wildman–Crippen MR) is 99.6 cm³/mol. The molecule has 7 atom stereocenters. The summed E-state index contributed by atoms with van der Waals surface area (Å²) in [4.78, 5) is 12.2. The van der Waals surface area contributed by atoms with Crippen LogP contribution in [0.1, 0.15) is 72.6 Å². The normalized spacial score (nSPS) is 49.8. The van der Waals surface area contributed by atoms with Crippen molar-refractivity contribution in [2.75, 3.05) is 0 Å². The maximum Gasteiger partial charge on any atom is 0.206 e. The molecule has 4 aliphatic rings. The molecule has 4 aliphatic carbocycles. The Balaban J connectivity index is 1.70. The van der Waals surface area contributed by atoms with Gasteiger partial charge in [-0.05, 0) is 90.9 Å². The maximum atomic E-state index is 12.2. The molecule has 3 N–H and O–H groups in total. The molecule has 3 nitrogen and oxygen atoms in total. The zero-order chi connectivity index (χ0) is 18.1. The van der Waals surface area contributed by atoms with Gasteiger partial charge < -0.3 is 10.8 Å². The smallest absolute Gasteiger partial charge is 0.206 e. The van der Waals surface area contributed by atoms with Gasteiger partial charge in [0.25, 0.3) is 0 Å². The second-order valence-corrected chi connectivity index (χ2v) is 10.3. The molecule has 0 spiro atoms. The van der Waals surface area contributed by atoms with Crippen LogP contribution in [0.15, 0.2) is 11.3 Å². The molecule has 4 rings (SSSR count). The third-order valence-corrected chi connectivity index (χ3v) is 9.06. The van der Waals surface area contributed by atoms with Crippen molar-refractivity contribution in [2.24, 2.45) is 46.2 Å². The molecular formula is C22H35NO2. The van der Waals surface area contributed by atoms with Gasteiger partial charge in [0.2, 0.25) is 5.78 Å². The first-order valence-corrected chi connectivity index (χ1v) is 10.4. The fraction of sp³-hybridized carbons (Fsp3) is 0.864. The summed E-state index contributed by atoms with van der Waals surface area (Å²) in [7, 11) is 0. The fourth-order valence-corrected chi connectivity index (χ4v) is 7.98. The summed E-state index contributed by atoms with van der Waals surface area (Å²) in [5, 5.41) is 10.3. The number of Topliss-reactive ketones (excluding diaryl/α,β-unsaturated/α-hetero) is 1. The van der Waals surface area contributed by atoms with Crippen molar-refractivity contribution in [2.45, 2.75) is 78.7 Å². The molecule has 0 bridgehead atoms. The molecule has 3 saturated carbocycles. The van der Waals surface area contributed by atoms with E-state index in [1.54, 1.807) is 0 Å². The van der Waals surface area contributed by atoms with Gasteiger partial charge in [0.05, 0.1) is 5.70 Å². The molecule has 25 heavy (non-hydrogen) atoms. The van der Waals surface area contributed by atoms with Crippen LogP contribution in [-0.2, 0) is 4.79 Å². The number of carbonyl (C=O) groups is 1. The molecule has 0 saturated heterocycles. The fourth-order valence-electron chi connectivity index (χ4n) is 7.98. The molecule has 0 aromatic rings. The average molecular weight is 346 g/mol. The zero-order valence-corrected chi connectivity index (χ0v) is 16.3. The van der Waals surface area contributed by atoms with E-state index < -0.39 is 6.10 Å². The molecule has 0 radical (unpaired) electrons. The van der Waals surface area contributed by atoms with Crippen LogP contribution in [0.25, 0.3) is 0 Å². The highest BCUT2D eigenvalue weighted by Crippen LogP contribution is 2.67.